The molecule has 0 saturated carbocycles. The zero-order valence-electron chi connectivity index (χ0n) is 10.3. The van der Waals surface area contributed by atoms with Crippen LogP contribution in [0, 0.1) is 0 Å². The molecule has 0 aromatic carbocycles. The minimum absolute atomic E-state index is 0.0508. The second kappa shape index (κ2) is 6.90. The number of carbonyl (C=O) groups excluding carboxylic acids is 2. The molecule has 6 nitrogen and oxygen atoms in total. The van der Waals surface area contributed by atoms with Crippen molar-refractivity contribution in [3.8, 4) is 0 Å². The van der Waals surface area contributed by atoms with Gasteiger partial charge in [-0.2, -0.15) is 0 Å². The maximum absolute atomic E-state index is 11.6. The van der Waals surface area contributed by atoms with E-state index < -0.39 is 5.91 Å². The highest BCUT2D eigenvalue weighted by molar-refractivity contribution is 6.29. The largest absolute Gasteiger partial charge is 0.342 e. The average Bonchev–Trinajstić information content (AvgIpc) is 2.38. The smallest absolute Gasteiger partial charge is 0.271 e. The zero-order chi connectivity index (χ0) is 13.5. The van der Waals surface area contributed by atoms with E-state index in [0.717, 1.165) is 0 Å². The van der Waals surface area contributed by atoms with Gasteiger partial charge in [0.05, 0.1) is 18.9 Å². The van der Waals surface area contributed by atoms with Crippen molar-refractivity contribution in [1.29, 1.82) is 0 Å². The molecule has 0 aliphatic rings. The lowest BCUT2D eigenvalue weighted by Crippen LogP contribution is -2.40. The molecule has 1 heterocycles. The molecule has 0 aliphatic carbocycles. The maximum Gasteiger partial charge on any atom is 0.271 e. The van der Waals surface area contributed by atoms with Gasteiger partial charge < -0.3 is 10.2 Å². The van der Waals surface area contributed by atoms with Gasteiger partial charge in [-0.1, -0.05) is 11.6 Å². The third kappa shape index (κ3) is 3.96. The Hall–Kier alpha value is -1.69. The SMILES string of the molecule is CCN(CC)C(=O)CNC(=O)c1cnc(Cl)cn1. The molecular formula is C11H15ClN4O2. The first-order valence-corrected chi connectivity index (χ1v) is 5.99. The molecule has 0 radical (unpaired) electrons. The Morgan fingerprint density at radius 3 is 2.44 bits per heavy atom. The van der Waals surface area contributed by atoms with Gasteiger partial charge in [-0.05, 0) is 13.8 Å². The first-order valence-electron chi connectivity index (χ1n) is 5.62. The normalized spacial score (nSPS) is 9.94. The molecule has 7 heteroatoms. The molecule has 1 rings (SSSR count). The standard InChI is InChI=1S/C11H15ClN4O2/c1-3-16(4-2)10(17)7-15-11(18)8-5-14-9(12)6-13-8/h5-6H,3-4,7H2,1-2H3,(H,15,18). The molecule has 1 aromatic heterocycles. The second-order valence-electron chi connectivity index (χ2n) is 3.47. The van der Waals surface area contributed by atoms with Gasteiger partial charge in [-0.3, -0.25) is 9.59 Å². The molecule has 1 N–H and O–H groups in total. The number of amides is 2. The van der Waals surface area contributed by atoms with E-state index in [2.05, 4.69) is 15.3 Å². The third-order valence-corrected chi connectivity index (χ3v) is 2.56. The van der Waals surface area contributed by atoms with Gasteiger partial charge in [-0.15, -0.1) is 0 Å². The van der Waals surface area contributed by atoms with Crippen molar-refractivity contribution in [2.24, 2.45) is 0 Å². The van der Waals surface area contributed by atoms with Gasteiger partial charge in [-0.25, -0.2) is 9.97 Å². The van der Waals surface area contributed by atoms with Gasteiger partial charge in [0.15, 0.2) is 0 Å². The van der Waals surface area contributed by atoms with Gasteiger partial charge in [0.2, 0.25) is 5.91 Å². The number of rotatable bonds is 5. The predicted molar refractivity (Wildman–Crippen MR) is 67.3 cm³/mol. The minimum atomic E-state index is -0.445. The summed E-state index contributed by atoms with van der Waals surface area (Å²) in [7, 11) is 0. The van der Waals surface area contributed by atoms with Crippen LogP contribution in [0.15, 0.2) is 12.4 Å². The topological polar surface area (TPSA) is 75.2 Å². The van der Waals surface area contributed by atoms with Crippen LogP contribution in [-0.4, -0.2) is 46.3 Å². The van der Waals surface area contributed by atoms with Gasteiger partial charge in [0.25, 0.3) is 5.91 Å². The Labute approximate surface area is 110 Å². The lowest BCUT2D eigenvalue weighted by Gasteiger charge is -2.18. The molecule has 18 heavy (non-hydrogen) atoms. The molecule has 0 saturated heterocycles. The van der Waals surface area contributed by atoms with Crippen LogP contribution in [0.25, 0.3) is 0 Å². The van der Waals surface area contributed by atoms with Crippen molar-refractivity contribution in [3.63, 3.8) is 0 Å². The van der Waals surface area contributed by atoms with Crippen LogP contribution in [0.2, 0.25) is 5.15 Å². The van der Waals surface area contributed by atoms with Crippen LogP contribution in [0.4, 0.5) is 0 Å². The fourth-order valence-corrected chi connectivity index (χ4v) is 1.46. The highest BCUT2D eigenvalue weighted by Crippen LogP contribution is 2.00. The number of hydrogen-bond acceptors (Lipinski definition) is 4. The molecule has 0 bridgehead atoms. The fourth-order valence-electron chi connectivity index (χ4n) is 1.36. The lowest BCUT2D eigenvalue weighted by atomic mass is 10.4. The molecule has 98 valence electrons. The van der Waals surface area contributed by atoms with Crippen LogP contribution < -0.4 is 5.32 Å². The quantitative estimate of drug-likeness (QED) is 0.856. The summed E-state index contributed by atoms with van der Waals surface area (Å²) in [6, 6.07) is 0. The van der Waals surface area contributed by atoms with Gasteiger partial charge in [0, 0.05) is 13.1 Å². The van der Waals surface area contributed by atoms with E-state index in [0.29, 0.717) is 13.1 Å². The van der Waals surface area contributed by atoms with Crippen molar-refractivity contribution >= 4 is 23.4 Å². The van der Waals surface area contributed by atoms with Crippen molar-refractivity contribution in [2.45, 2.75) is 13.8 Å². The van der Waals surface area contributed by atoms with Crippen LogP contribution in [0.5, 0.6) is 0 Å². The molecule has 0 spiro atoms. The number of likely N-dealkylation sites (N-methyl/N-ethyl adjacent to an activating group) is 1. The summed E-state index contributed by atoms with van der Waals surface area (Å²) in [6.07, 6.45) is 2.54. The summed E-state index contributed by atoms with van der Waals surface area (Å²) < 4.78 is 0. The number of nitrogens with zero attached hydrogens (tertiary/aromatic N) is 3. The Bertz CT molecular complexity index is 418. The number of nitrogens with one attached hydrogen (secondary N) is 1. The van der Waals surface area contributed by atoms with Crippen LogP contribution in [0.3, 0.4) is 0 Å². The van der Waals surface area contributed by atoms with Crippen molar-refractivity contribution < 1.29 is 9.59 Å². The van der Waals surface area contributed by atoms with Crippen molar-refractivity contribution in [2.75, 3.05) is 19.6 Å². The van der Waals surface area contributed by atoms with Crippen LogP contribution in [-0.2, 0) is 4.79 Å². The predicted octanol–water partition coefficient (Wildman–Crippen LogP) is 0.728. The fraction of sp³-hybridized carbons (Fsp3) is 0.455. The Morgan fingerprint density at radius 2 is 1.94 bits per heavy atom. The molecule has 0 fully saturated rings. The van der Waals surface area contributed by atoms with E-state index in [1.807, 2.05) is 13.8 Å². The van der Waals surface area contributed by atoms with E-state index in [1.165, 1.54) is 12.4 Å². The van der Waals surface area contributed by atoms with Crippen molar-refractivity contribution in [3.05, 3.63) is 23.2 Å². The van der Waals surface area contributed by atoms with E-state index in [4.69, 9.17) is 11.6 Å². The molecule has 2 amide bonds. The number of aromatic nitrogens is 2. The highest BCUT2D eigenvalue weighted by Gasteiger charge is 2.13. The summed E-state index contributed by atoms with van der Waals surface area (Å²) in [5.41, 5.74) is 0.131. The van der Waals surface area contributed by atoms with E-state index in [1.54, 1.807) is 4.90 Å². The number of hydrogen-bond donors (Lipinski definition) is 1. The first-order chi connectivity index (χ1) is 8.58. The molecular weight excluding hydrogens is 256 g/mol. The van der Waals surface area contributed by atoms with Gasteiger partial charge >= 0.3 is 0 Å². The number of halogens is 1. The molecule has 0 aliphatic heterocycles. The zero-order valence-corrected chi connectivity index (χ0v) is 11.1. The lowest BCUT2D eigenvalue weighted by molar-refractivity contribution is -0.129. The number of carbonyl (C=O) groups is 2. The first kappa shape index (κ1) is 14.4. The summed E-state index contributed by atoms with van der Waals surface area (Å²) >= 11 is 5.56. The summed E-state index contributed by atoms with van der Waals surface area (Å²) in [5, 5.41) is 2.71. The van der Waals surface area contributed by atoms with Crippen LogP contribution >= 0.6 is 11.6 Å². The summed E-state index contributed by atoms with van der Waals surface area (Å²) in [6.45, 7) is 4.95. The van der Waals surface area contributed by atoms with E-state index in [9.17, 15) is 9.59 Å². The molecule has 1 aromatic rings. The molecule has 0 atom stereocenters. The minimum Gasteiger partial charge on any atom is -0.342 e. The summed E-state index contributed by atoms with van der Waals surface area (Å²) in [4.78, 5) is 32.5. The highest BCUT2D eigenvalue weighted by atomic mass is 35.5. The van der Waals surface area contributed by atoms with E-state index >= 15 is 0 Å². The maximum atomic E-state index is 11.6. The van der Waals surface area contributed by atoms with Crippen LogP contribution in [0.1, 0.15) is 24.3 Å². The van der Waals surface area contributed by atoms with E-state index in [-0.39, 0.29) is 23.3 Å². The molecule has 0 unspecified atom stereocenters. The summed E-state index contributed by atoms with van der Waals surface area (Å²) in [5.74, 6) is -0.574. The Balaban J connectivity index is 2.51. The average molecular weight is 271 g/mol. The third-order valence-electron chi connectivity index (χ3n) is 2.37. The monoisotopic (exact) mass is 270 g/mol. The Kier molecular flexibility index (Phi) is 5.51. The second-order valence-corrected chi connectivity index (χ2v) is 3.86. The van der Waals surface area contributed by atoms with Gasteiger partial charge in [0.1, 0.15) is 10.8 Å². The Morgan fingerprint density at radius 1 is 1.28 bits per heavy atom. The van der Waals surface area contributed by atoms with Crippen molar-refractivity contribution in [1.82, 2.24) is 20.2 Å².